The molecule has 5 heteroatoms. The molecule has 4 N–H and O–H groups in total. The molecule has 57 heavy (non-hydrogen) atoms. The summed E-state index contributed by atoms with van der Waals surface area (Å²) in [6.45, 7) is 4.18. The number of carbonyl (C=O) groups excluding carboxylic acids is 1. The van der Waals surface area contributed by atoms with Crippen molar-refractivity contribution in [3.63, 3.8) is 0 Å². The molecular formula is C52H97NO4. The van der Waals surface area contributed by atoms with Gasteiger partial charge < -0.3 is 20.6 Å². The molecule has 0 aliphatic heterocycles. The third-order valence-corrected chi connectivity index (χ3v) is 11.4. The molecule has 0 aromatic rings. The first-order valence-corrected chi connectivity index (χ1v) is 25.0. The number of hydrogen-bond acceptors (Lipinski definition) is 4. The van der Waals surface area contributed by atoms with Gasteiger partial charge in [-0.3, -0.25) is 4.79 Å². The average molecular weight is 800 g/mol. The number of unbranched alkanes of at least 4 members (excludes halogenated alkanes) is 31. The molecule has 0 aliphatic rings. The first-order valence-electron chi connectivity index (χ1n) is 25.0. The number of allylic oxidation sites excluding steroid dienone is 7. The van der Waals surface area contributed by atoms with Crippen LogP contribution < -0.4 is 5.32 Å². The highest BCUT2D eigenvalue weighted by Gasteiger charge is 2.22. The van der Waals surface area contributed by atoms with Crippen LogP contribution in [-0.4, -0.2) is 46.1 Å². The molecule has 0 saturated carbocycles. The zero-order chi connectivity index (χ0) is 41.5. The summed E-state index contributed by atoms with van der Waals surface area (Å²) in [5, 5.41) is 33.2. The minimum Gasteiger partial charge on any atom is -0.394 e. The first-order chi connectivity index (χ1) is 28.1. The van der Waals surface area contributed by atoms with E-state index < -0.39 is 24.2 Å². The molecule has 0 bridgehead atoms. The van der Waals surface area contributed by atoms with Crippen molar-refractivity contribution < 1.29 is 20.1 Å². The van der Waals surface area contributed by atoms with E-state index in [4.69, 9.17) is 0 Å². The van der Waals surface area contributed by atoms with Gasteiger partial charge in [0.25, 0.3) is 0 Å². The lowest BCUT2D eigenvalue weighted by molar-refractivity contribution is -0.131. The SMILES string of the molecule is CCCCCCCCCCC/C=C\CCCCCCCCC(O)C(=O)NC(CO)C(O)/C=C/CC/C=C/CC/C=C/CCCCCCCCCCCCCCCC. The van der Waals surface area contributed by atoms with Crippen LogP contribution in [0.15, 0.2) is 48.6 Å². The number of rotatable bonds is 45. The lowest BCUT2D eigenvalue weighted by Gasteiger charge is -2.21. The maximum atomic E-state index is 12.5. The lowest BCUT2D eigenvalue weighted by Crippen LogP contribution is -2.48. The summed E-state index contributed by atoms with van der Waals surface area (Å²) in [4.78, 5) is 12.5. The summed E-state index contributed by atoms with van der Waals surface area (Å²) in [6, 6.07) is -0.825. The second-order valence-corrected chi connectivity index (χ2v) is 17.0. The zero-order valence-corrected chi connectivity index (χ0v) is 38.0. The van der Waals surface area contributed by atoms with Gasteiger partial charge in [0.1, 0.15) is 6.10 Å². The summed E-state index contributed by atoms with van der Waals surface area (Å²) in [7, 11) is 0. The van der Waals surface area contributed by atoms with Crippen molar-refractivity contribution in [3.05, 3.63) is 48.6 Å². The van der Waals surface area contributed by atoms with Crippen LogP contribution >= 0.6 is 0 Å². The normalized spacial score (nSPS) is 13.8. The minimum absolute atomic E-state index is 0.384. The van der Waals surface area contributed by atoms with Gasteiger partial charge >= 0.3 is 0 Å². The van der Waals surface area contributed by atoms with E-state index in [9.17, 15) is 20.1 Å². The standard InChI is InChI=1S/C52H97NO4/c1-3-5-7-9-11-13-15-17-19-21-23-24-25-26-27-29-30-32-34-36-38-40-42-44-46-50(55)49(48-54)53-52(57)51(56)47-45-43-41-39-37-35-33-31-28-22-20-18-16-14-12-10-8-6-4-2/h28-31,36,38,44,46,49-51,54-56H,3-27,32-35,37,39-43,45,47-48H2,1-2H3,(H,53,57)/b30-29+,31-28-,38-36+,46-44+. The summed E-state index contributed by atoms with van der Waals surface area (Å²) in [6.07, 6.45) is 61.6. The molecule has 0 spiro atoms. The Hall–Kier alpha value is -1.69. The minimum atomic E-state index is -1.12. The second kappa shape index (κ2) is 47.0. The van der Waals surface area contributed by atoms with Gasteiger partial charge in [0.15, 0.2) is 0 Å². The van der Waals surface area contributed by atoms with Gasteiger partial charge in [-0.25, -0.2) is 0 Å². The van der Waals surface area contributed by atoms with Gasteiger partial charge in [-0.2, -0.15) is 0 Å². The first kappa shape index (κ1) is 55.3. The molecule has 5 nitrogen and oxygen atoms in total. The van der Waals surface area contributed by atoms with Gasteiger partial charge in [-0.05, 0) is 70.6 Å². The Morgan fingerprint density at radius 3 is 1.07 bits per heavy atom. The summed E-state index contributed by atoms with van der Waals surface area (Å²) in [5.74, 6) is -0.521. The Labute approximate surface area is 355 Å². The smallest absolute Gasteiger partial charge is 0.249 e. The molecule has 334 valence electrons. The van der Waals surface area contributed by atoms with Gasteiger partial charge in [0.05, 0.1) is 18.8 Å². The van der Waals surface area contributed by atoms with Crippen molar-refractivity contribution in [3.8, 4) is 0 Å². The van der Waals surface area contributed by atoms with Crippen molar-refractivity contribution >= 4 is 5.91 Å². The Bertz CT molecular complexity index is 927. The van der Waals surface area contributed by atoms with E-state index in [1.807, 2.05) is 6.08 Å². The summed E-state index contributed by atoms with van der Waals surface area (Å²) >= 11 is 0. The maximum Gasteiger partial charge on any atom is 0.249 e. The monoisotopic (exact) mass is 800 g/mol. The summed E-state index contributed by atoms with van der Waals surface area (Å²) < 4.78 is 0. The zero-order valence-electron chi connectivity index (χ0n) is 38.0. The molecule has 3 unspecified atom stereocenters. The average Bonchev–Trinajstić information content (AvgIpc) is 3.22. The molecule has 0 saturated heterocycles. The third kappa shape index (κ3) is 42.2. The van der Waals surface area contributed by atoms with Crippen molar-refractivity contribution in [2.75, 3.05) is 6.61 Å². The number of aliphatic hydroxyl groups excluding tert-OH is 3. The van der Waals surface area contributed by atoms with E-state index in [0.29, 0.717) is 6.42 Å². The Morgan fingerprint density at radius 2 is 0.719 bits per heavy atom. The number of hydrogen-bond donors (Lipinski definition) is 4. The van der Waals surface area contributed by atoms with Crippen molar-refractivity contribution in [2.45, 2.75) is 270 Å². The van der Waals surface area contributed by atoms with Crippen LogP contribution in [0.4, 0.5) is 0 Å². The molecule has 0 aromatic carbocycles. The van der Waals surface area contributed by atoms with Crippen LogP contribution in [0.3, 0.4) is 0 Å². The molecule has 0 radical (unpaired) electrons. The van der Waals surface area contributed by atoms with E-state index in [1.54, 1.807) is 6.08 Å². The molecule has 0 aliphatic carbocycles. The fourth-order valence-corrected chi connectivity index (χ4v) is 7.45. The van der Waals surface area contributed by atoms with Gasteiger partial charge in [0, 0.05) is 0 Å². The van der Waals surface area contributed by atoms with E-state index in [0.717, 1.165) is 51.4 Å². The quantitative estimate of drug-likeness (QED) is 0.0365. The van der Waals surface area contributed by atoms with E-state index >= 15 is 0 Å². The largest absolute Gasteiger partial charge is 0.394 e. The van der Waals surface area contributed by atoms with Crippen LogP contribution in [0.2, 0.25) is 0 Å². The Morgan fingerprint density at radius 1 is 0.421 bits per heavy atom. The highest BCUT2D eigenvalue weighted by molar-refractivity contribution is 5.80. The van der Waals surface area contributed by atoms with E-state index in [2.05, 4.69) is 55.6 Å². The number of amides is 1. The predicted molar refractivity (Wildman–Crippen MR) is 250 cm³/mol. The highest BCUT2D eigenvalue weighted by atomic mass is 16.3. The van der Waals surface area contributed by atoms with Crippen LogP contribution in [0, 0.1) is 0 Å². The number of carbonyl (C=O) groups is 1. The predicted octanol–water partition coefficient (Wildman–Crippen LogP) is 14.9. The Balaban J connectivity index is 3.71. The second-order valence-electron chi connectivity index (χ2n) is 17.0. The van der Waals surface area contributed by atoms with Crippen LogP contribution in [-0.2, 0) is 4.79 Å². The van der Waals surface area contributed by atoms with Gasteiger partial charge in [-0.1, -0.05) is 229 Å². The van der Waals surface area contributed by atoms with Crippen molar-refractivity contribution in [2.24, 2.45) is 0 Å². The fourth-order valence-electron chi connectivity index (χ4n) is 7.45. The van der Waals surface area contributed by atoms with E-state index in [1.165, 1.54) is 180 Å². The molecule has 0 fully saturated rings. The topological polar surface area (TPSA) is 89.8 Å². The van der Waals surface area contributed by atoms with Crippen LogP contribution in [0.25, 0.3) is 0 Å². The maximum absolute atomic E-state index is 12.5. The van der Waals surface area contributed by atoms with Gasteiger partial charge in [0.2, 0.25) is 5.91 Å². The summed E-state index contributed by atoms with van der Waals surface area (Å²) in [5.41, 5.74) is 0. The Kier molecular flexibility index (Phi) is 45.6. The number of aliphatic hydroxyl groups is 3. The molecular weight excluding hydrogens is 703 g/mol. The van der Waals surface area contributed by atoms with Crippen LogP contribution in [0.5, 0.6) is 0 Å². The highest BCUT2D eigenvalue weighted by Crippen LogP contribution is 2.15. The van der Waals surface area contributed by atoms with Gasteiger partial charge in [-0.15, -0.1) is 0 Å². The van der Waals surface area contributed by atoms with Crippen molar-refractivity contribution in [1.82, 2.24) is 5.32 Å². The van der Waals surface area contributed by atoms with Crippen LogP contribution in [0.1, 0.15) is 251 Å². The molecule has 0 aromatic heterocycles. The lowest BCUT2D eigenvalue weighted by atomic mass is 10.0. The molecule has 0 heterocycles. The van der Waals surface area contributed by atoms with E-state index in [-0.39, 0.29) is 6.61 Å². The number of nitrogens with one attached hydrogen (secondary N) is 1. The molecule has 0 rings (SSSR count). The van der Waals surface area contributed by atoms with Crippen molar-refractivity contribution in [1.29, 1.82) is 0 Å². The molecule has 1 amide bonds. The fraction of sp³-hybridized carbons (Fsp3) is 0.827. The molecule has 3 atom stereocenters. The third-order valence-electron chi connectivity index (χ3n) is 11.4.